The summed E-state index contributed by atoms with van der Waals surface area (Å²) < 4.78 is 7.34. The van der Waals surface area contributed by atoms with Crippen LogP contribution >= 0.6 is 11.6 Å². The van der Waals surface area contributed by atoms with E-state index < -0.39 is 0 Å². The average Bonchev–Trinajstić information content (AvgIpc) is 2.76. The van der Waals surface area contributed by atoms with Gasteiger partial charge in [-0.1, -0.05) is 17.7 Å². The van der Waals surface area contributed by atoms with E-state index >= 15 is 0 Å². The van der Waals surface area contributed by atoms with Gasteiger partial charge in [0.25, 0.3) is 0 Å². The van der Waals surface area contributed by atoms with Crippen molar-refractivity contribution < 1.29 is 4.74 Å². The number of hydrogen-bond acceptors (Lipinski definition) is 3. The van der Waals surface area contributed by atoms with Crippen LogP contribution < -0.4 is 10.5 Å². The summed E-state index contributed by atoms with van der Waals surface area (Å²) in [4.78, 5) is 4.41. The maximum atomic E-state index is 6.17. The largest absolute Gasteiger partial charge is 0.495 e. The first-order valence-corrected chi connectivity index (χ1v) is 6.98. The van der Waals surface area contributed by atoms with E-state index in [-0.39, 0.29) is 0 Å². The Morgan fingerprint density at radius 3 is 2.67 bits per heavy atom. The van der Waals surface area contributed by atoms with Crippen molar-refractivity contribution in [2.45, 2.75) is 13.8 Å². The van der Waals surface area contributed by atoms with Crippen LogP contribution in [0.4, 0.5) is 5.95 Å². The Bertz CT molecular complexity index is 839. The van der Waals surface area contributed by atoms with Crippen LogP contribution in [0.2, 0.25) is 5.02 Å². The lowest BCUT2D eigenvalue weighted by Gasteiger charge is -2.14. The predicted octanol–water partition coefficient (Wildman–Crippen LogP) is 3.89. The first-order chi connectivity index (χ1) is 10.0. The highest BCUT2D eigenvalue weighted by atomic mass is 35.5. The van der Waals surface area contributed by atoms with E-state index in [0.717, 1.165) is 27.8 Å². The molecule has 1 heterocycles. The molecular weight excluding hydrogens is 286 g/mol. The number of aryl methyl sites for hydroxylation is 2. The molecule has 0 aliphatic rings. The van der Waals surface area contributed by atoms with Gasteiger partial charge in [-0.2, -0.15) is 0 Å². The molecule has 5 heteroatoms. The highest BCUT2D eigenvalue weighted by Gasteiger charge is 2.15. The Morgan fingerprint density at radius 2 is 1.95 bits per heavy atom. The molecule has 3 rings (SSSR count). The molecule has 0 atom stereocenters. The standard InChI is InChI=1S/C16H16ClN3O/c1-9-4-5-12-13(6-9)20(16(18)19-12)14-7-10(2)11(17)8-15(14)21-3/h4-8H,1-3H3,(H2,18,19). The van der Waals surface area contributed by atoms with Gasteiger partial charge in [0, 0.05) is 11.1 Å². The quantitative estimate of drug-likeness (QED) is 0.781. The number of nitrogens with zero attached hydrogens (tertiary/aromatic N) is 2. The molecule has 0 saturated carbocycles. The molecule has 0 radical (unpaired) electrons. The van der Waals surface area contributed by atoms with E-state index in [4.69, 9.17) is 22.1 Å². The highest BCUT2D eigenvalue weighted by Crippen LogP contribution is 2.33. The fraction of sp³-hybridized carbons (Fsp3) is 0.188. The van der Waals surface area contributed by atoms with E-state index in [1.54, 1.807) is 13.2 Å². The van der Waals surface area contributed by atoms with Gasteiger partial charge in [0.05, 0.1) is 23.8 Å². The summed E-state index contributed by atoms with van der Waals surface area (Å²) in [7, 11) is 1.62. The van der Waals surface area contributed by atoms with Crippen LogP contribution in [0.15, 0.2) is 30.3 Å². The van der Waals surface area contributed by atoms with E-state index in [2.05, 4.69) is 11.1 Å². The predicted molar refractivity (Wildman–Crippen MR) is 86.5 cm³/mol. The Hall–Kier alpha value is -2.20. The van der Waals surface area contributed by atoms with Crippen LogP contribution in [0.25, 0.3) is 16.7 Å². The van der Waals surface area contributed by atoms with Gasteiger partial charge < -0.3 is 10.5 Å². The average molecular weight is 302 g/mol. The van der Waals surface area contributed by atoms with Crippen molar-refractivity contribution in [2.75, 3.05) is 12.8 Å². The minimum atomic E-state index is 0.427. The topological polar surface area (TPSA) is 53.1 Å². The van der Waals surface area contributed by atoms with Crippen molar-refractivity contribution in [2.24, 2.45) is 0 Å². The number of benzene rings is 2. The molecule has 0 unspecified atom stereocenters. The van der Waals surface area contributed by atoms with E-state index in [9.17, 15) is 0 Å². The van der Waals surface area contributed by atoms with Gasteiger partial charge in [0.15, 0.2) is 0 Å². The number of hydrogen-bond donors (Lipinski definition) is 1. The molecule has 1 aromatic heterocycles. The van der Waals surface area contributed by atoms with Crippen LogP contribution in [0.1, 0.15) is 11.1 Å². The summed E-state index contributed by atoms with van der Waals surface area (Å²) in [6.45, 7) is 3.99. The number of imidazole rings is 1. The van der Waals surface area contributed by atoms with Gasteiger partial charge in [0.2, 0.25) is 5.95 Å². The summed E-state index contributed by atoms with van der Waals surface area (Å²) in [5.41, 5.74) is 10.9. The smallest absolute Gasteiger partial charge is 0.206 e. The number of methoxy groups -OCH3 is 1. The number of rotatable bonds is 2. The van der Waals surface area contributed by atoms with Gasteiger partial charge in [-0.15, -0.1) is 0 Å². The van der Waals surface area contributed by atoms with Gasteiger partial charge in [-0.3, -0.25) is 4.57 Å². The molecule has 3 aromatic rings. The first kappa shape index (κ1) is 13.8. The molecule has 0 saturated heterocycles. The lowest BCUT2D eigenvalue weighted by atomic mass is 10.2. The van der Waals surface area contributed by atoms with Crippen LogP contribution in [0.5, 0.6) is 5.75 Å². The molecule has 0 bridgehead atoms. The zero-order valence-corrected chi connectivity index (χ0v) is 12.9. The number of ether oxygens (including phenoxy) is 1. The Labute approximate surface area is 128 Å². The van der Waals surface area contributed by atoms with E-state index in [1.807, 2.05) is 36.6 Å². The Balaban J connectivity index is 2.37. The minimum Gasteiger partial charge on any atom is -0.495 e. The number of nitrogen functional groups attached to an aromatic ring is 1. The van der Waals surface area contributed by atoms with Crippen molar-refractivity contribution in [3.63, 3.8) is 0 Å². The van der Waals surface area contributed by atoms with Crippen molar-refractivity contribution in [1.29, 1.82) is 0 Å². The zero-order chi connectivity index (χ0) is 15.1. The van der Waals surface area contributed by atoms with E-state index in [1.165, 1.54) is 0 Å². The second kappa shape index (κ2) is 4.97. The Kier molecular flexibility index (Phi) is 3.26. The molecule has 21 heavy (non-hydrogen) atoms. The van der Waals surface area contributed by atoms with Crippen LogP contribution in [0, 0.1) is 13.8 Å². The second-order valence-electron chi connectivity index (χ2n) is 5.07. The maximum absolute atomic E-state index is 6.17. The number of nitrogens with two attached hydrogens (primary N) is 1. The lowest BCUT2D eigenvalue weighted by molar-refractivity contribution is 0.413. The molecule has 0 amide bonds. The monoisotopic (exact) mass is 301 g/mol. The van der Waals surface area contributed by atoms with Crippen molar-refractivity contribution in [1.82, 2.24) is 9.55 Å². The molecule has 108 valence electrons. The third-order valence-corrected chi connectivity index (χ3v) is 3.94. The highest BCUT2D eigenvalue weighted by molar-refractivity contribution is 6.31. The number of aromatic nitrogens is 2. The summed E-state index contributed by atoms with van der Waals surface area (Å²) >= 11 is 6.17. The fourth-order valence-corrected chi connectivity index (χ4v) is 2.60. The summed E-state index contributed by atoms with van der Waals surface area (Å²) in [6, 6.07) is 9.80. The normalized spacial score (nSPS) is 11.0. The van der Waals surface area contributed by atoms with Crippen molar-refractivity contribution in [3.05, 3.63) is 46.5 Å². The summed E-state index contributed by atoms with van der Waals surface area (Å²) in [6.07, 6.45) is 0. The molecule has 2 aromatic carbocycles. The lowest BCUT2D eigenvalue weighted by Crippen LogP contribution is -2.03. The molecule has 0 fully saturated rings. The van der Waals surface area contributed by atoms with Gasteiger partial charge in [0.1, 0.15) is 5.75 Å². The SMILES string of the molecule is COc1cc(Cl)c(C)cc1-n1c(N)nc2ccc(C)cc21. The molecule has 0 spiro atoms. The zero-order valence-electron chi connectivity index (χ0n) is 12.1. The van der Waals surface area contributed by atoms with Crippen LogP contribution in [0.3, 0.4) is 0 Å². The minimum absolute atomic E-state index is 0.427. The number of anilines is 1. The molecule has 0 aliphatic heterocycles. The number of fused-ring (bicyclic) bond motifs is 1. The second-order valence-corrected chi connectivity index (χ2v) is 5.48. The van der Waals surface area contributed by atoms with Gasteiger partial charge in [-0.25, -0.2) is 4.98 Å². The number of halogens is 1. The third kappa shape index (κ3) is 2.21. The van der Waals surface area contributed by atoms with Crippen molar-refractivity contribution >= 4 is 28.6 Å². The molecule has 4 nitrogen and oxygen atoms in total. The molecular formula is C16H16ClN3O. The van der Waals surface area contributed by atoms with Crippen LogP contribution in [-0.2, 0) is 0 Å². The van der Waals surface area contributed by atoms with E-state index in [0.29, 0.717) is 16.7 Å². The van der Waals surface area contributed by atoms with Gasteiger partial charge in [-0.05, 0) is 43.2 Å². The maximum Gasteiger partial charge on any atom is 0.206 e. The summed E-state index contributed by atoms with van der Waals surface area (Å²) in [5.74, 6) is 1.09. The first-order valence-electron chi connectivity index (χ1n) is 6.60. The van der Waals surface area contributed by atoms with Crippen molar-refractivity contribution in [3.8, 4) is 11.4 Å². The fourth-order valence-electron chi connectivity index (χ4n) is 2.44. The Morgan fingerprint density at radius 1 is 1.19 bits per heavy atom. The molecule has 0 aliphatic carbocycles. The van der Waals surface area contributed by atoms with Crippen LogP contribution in [-0.4, -0.2) is 16.7 Å². The molecule has 2 N–H and O–H groups in total. The third-order valence-electron chi connectivity index (χ3n) is 3.54. The summed E-state index contributed by atoms with van der Waals surface area (Å²) in [5, 5.41) is 0.662. The van der Waals surface area contributed by atoms with Gasteiger partial charge >= 0.3 is 0 Å².